The van der Waals surface area contributed by atoms with Crippen LogP contribution in [0.2, 0.25) is 0 Å². The topological polar surface area (TPSA) is 49.3 Å². The number of carbonyl (C=O) groups excluding carboxylic acids is 1. The molecule has 0 saturated carbocycles. The van der Waals surface area contributed by atoms with E-state index in [1.165, 1.54) is 6.07 Å². The van der Waals surface area contributed by atoms with Gasteiger partial charge in [0.2, 0.25) is 0 Å². The van der Waals surface area contributed by atoms with Crippen LogP contribution in [0.4, 0.5) is 0 Å². The summed E-state index contributed by atoms with van der Waals surface area (Å²) < 4.78 is 0. The molecule has 2 N–H and O–H groups in total. The zero-order valence-electron chi connectivity index (χ0n) is 12.0. The average molecular weight is 284 g/mol. The Labute approximate surface area is 120 Å². The van der Waals surface area contributed by atoms with E-state index in [0.717, 1.165) is 5.56 Å². The third-order valence-corrected chi connectivity index (χ3v) is 3.44. The Kier molecular flexibility index (Phi) is 5.24. The minimum Gasteiger partial charge on any atom is -0.508 e. The molecule has 0 spiro atoms. The number of hydrogen-bond acceptors (Lipinski definition) is 2. The summed E-state index contributed by atoms with van der Waals surface area (Å²) in [6.45, 7) is 7.99. The highest BCUT2D eigenvalue weighted by atomic mass is 35.5. The van der Waals surface area contributed by atoms with E-state index in [9.17, 15) is 9.90 Å². The van der Waals surface area contributed by atoms with Crippen molar-refractivity contribution in [3.8, 4) is 5.75 Å². The zero-order chi connectivity index (χ0) is 14.6. The maximum Gasteiger partial charge on any atom is 0.251 e. The number of halogens is 1. The first-order valence-corrected chi connectivity index (χ1v) is 6.95. The molecular formula is C15H22ClNO2. The van der Waals surface area contributed by atoms with E-state index in [-0.39, 0.29) is 23.1 Å². The molecule has 0 aliphatic carbocycles. The van der Waals surface area contributed by atoms with Crippen molar-refractivity contribution in [3.63, 3.8) is 0 Å². The van der Waals surface area contributed by atoms with E-state index in [0.29, 0.717) is 17.9 Å². The number of benzene rings is 1. The maximum atomic E-state index is 12.2. The quantitative estimate of drug-likeness (QED) is 0.831. The third kappa shape index (κ3) is 4.43. The Morgan fingerprint density at radius 2 is 2.05 bits per heavy atom. The van der Waals surface area contributed by atoms with Gasteiger partial charge < -0.3 is 10.4 Å². The lowest BCUT2D eigenvalue weighted by molar-refractivity contribution is 0.0900. The largest absolute Gasteiger partial charge is 0.508 e. The molecule has 0 saturated heterocycles. The summed E-state index contributed by atoms with van der Waals surface area (Å²) in [5, 5.41) is 12.6. The molecule has 19 heavy (non-hydrogen) atoms. The zero-order valence-corrected chi connectivity index (χ0v) is 12.7. The predicted molar refractivity (Wildman–Crippen MR) is 78.9 cm³/mol. The second-order valence-electron chi connectivity index (χ2n) is 5.87. The second-order valence-corrected chi connectivity index (χ2v) is 6.25. The van der Waals surface area contributed by atoms with Gasteiger partial charge in [-0.3, -0.25) is 4.79 Å². The summed E-state index contributed by atoms with van der Waals surface area (Å²) in [4.78, 5) is 12.2. The molecule has 0 bridgehead atoms. The van der Waals surface area contributed by atoms with Crippen LogP contribution in [0.5, 0.6) is 5.75 Å². The molecule has 0 aromatic heterocycles. The van der Waals surface area contributed by atoms with Gasteiger partial charge in [0, 0.05) is 17.5 Å². The van der Waals surface area contributed by atoms with Crippen molar-refractivity contribution in [1.82, 2.24) is 5.32 Å². The number of phenolic OH excluding ortho intramolecular Hbond substituents is 1. The SMILES string of the molecule is Cc1ccc(C(=O)NC(CCCl)C(C)(C)C)cc1O. The Morgan fingerprint density at radius 1 is 1.42 bits per heavy atom. The van der Waals surface area contributed by atoms with Crippen molar-refractivity contribution in [2.24, 2.45) is 5.41 Å². The summed E-state index contributed by atoms with van der Waals surface area (Å²) >= 11 is 5.79. The molecule has 1 unspecified atom stereocenters. The molecule has 0 heterocycles. The van der Waals surface area contributed by atoms with E-state index >= 15 is 0 Å². The number of aryl methyl sites for hydroxylation is 1. The highest BCUT2D eigenvalue weighted by molar-refractivity contribution is 6.17. The molecule has 1 aromatic rings. The van der Waals surface area contributed by atoms with Crippen LogP contribution in [0.25, 0.3) is 0 Å². The molecule has 0 radical (unpaired) electrons. The number of aromatic hydroxyl groups is 1. The number of phenols is 1. The number of rotatable bonds is 4. The highest BCUT2D eigenvalue weighted by Gasteiger charge is 2.26. The van der Waals surface area contributed by atoms with E-state index in [1.807, 2.05) is 0 Å². The third-order valence-electron chi connectivity index (χ3n) is 3.22. The first kappa shape index (κ1) is 15.8. The van der Waals surface area contributed by atoms with Crippen molar-refractivity contribution in [3.05, 3.63) is 29.3 Å². The van der Waals surface area contributed by atoms with Gasteiger partial charge in [-0.25, -0.2) is 0 Å². The minimum atomic E-state index is -0.180. The second kappa shape index (κ2) is 6.29. The first-order chi connectivity index (χ1) is 8.75. The molecule has 0 aliphatic rings. The van der Waals surface area contributed by atoms with Gasteiger partial charge in [0.15, 0.2) is 0 Å². The first-order valence-electron chi connectivity index (χ1n) is 6.42. The Morgan fingerprint density at radius 3 is 2.53 bits per heavy atom. The fourth-order valence-corrected chi connectivity index (χ4v) is 2.04. The van der Waals surface area contributed by atoms with E-state index in [1.54, 1.807) is 19.1 Å². The Hall–Kier alpha value is -1.22. The molecule has 1 amide bonds. The Bertz CT molecular complexity index is 452. The van der Waals surface area contributed by atoms with E-state index in [2.05, 4.69) is 26.1 Å². The molecule has 106 valence electrons. The number of carbonyl (C=O) groups is 1. The summed E-state index contributed by atoms with van der Waals surface area (Å²) in [5.74, 6) is 0.458. The van der Waals surface area contributed by atoms with Crippen LogP contribution in [0, 0.1) is 12.3 Å². The maximum absolute atomic E-state index is 12.2. The predicted octanol–water partition coefficient (Wildman–Crippen LogP) is 3.47. The Balaban J connectivity index is 2.84. The molecule has 0 aliphatic heterocycles. The standard InChI is InChI=1S/C15H22ClNO2/c1-10-5-6-11(9-12(10)18)14(19)17-13(7-8-16)15(2,3)4/h5-6,9,13,18H,7-8H2,1-4H3,(H,17,19). The van der Waals surface area contributed by atoms with Gasteiger partial charge in [-0.15, -0.1) is 11.6 Å². The summed E-state index contributed by atoms with van der Waals surface area (Å²) in [7, 11) is 0. The van der Waals surface area contributed by atoms with E-state index in [4.69, 9.17) is 11.6 Å². The van der Waals surface area contributed by atoms with Gasteiger partial charge in [-0.2, -0.15) is 0 Å². The van der Waals surface area contributed by atoms with Crippen LogP contribution in [0.3, 0.4) is 0 Å². The fraction of sp³-hybridized carbons (Fsp3) is 0.533. The number of amides is 1. The highest BCUT2D eigenvalue weighted by Crippen LogP contribution is 2.23. The van der Waals surface area contributed by atoms with Crippen LogP contribution in [0.1, 0.15) is 43.1 Å². The molecule has 1 atom stereocenters. The van der Waals surface area contributed by atoms with Crippen LogP contribution < -0.4 is 5.32 Å². The average Bonchev–Trinajstić information content (AvgIpc) is 2.30. The van der Waals surface area contributed by atoms with Gasteiger partial charge in [-0.05, 0) is 36.5 Å². The monoisotopic (exact) mass is 283 g/mol. The molecule has 0 fully saturated rings. The lowest BCUT2D eigenvalue weighted by Gasteiger charge is -2.31. The molecule has 3 nitrogen and oxygen atoms in total. The fourth-order valence-electron chi connectivity index (χ4n) is 1.82. The molecule has 1 rings (SSSR count). The van der Waals surface area contributed by atoms with Crippen molar-refractivity contribution in [2.75, 3.05) is 5.88 Å². The van der Waals surface area contributed by atoms with Gasteiger partial charge in [-0.1, -0.05) is 26.8 Å². The van der Waals surface area contributed by atoms with Crippen molar-refractivity contribution >= 4 is 17.5 Å². The molecule has 4 heteroatoms. The van der Waals surface area contributed by atoms with Crippen LogP contribution in [-0.4, -0.2) is 22.9 Å². The number of hydrogen-bond donors (Lipinski definition) is 2. The van der Waals surface area contributed by atoms with Crippen LogP contribution in [-0.2, 0) is 0 Å². The molecular weight excluding hydrogens is 262 g/mol. The number of alkyl halides is 1. The van der Waals surface area contributed by atoms with Gasteiger partial charge in [0.25, 0.3) is 5.91 Å². The lowest BCUT2D eigenvalue weighted by atomic mass is 9.85. The lowest BCUT2D eigenvalue weighted by Crippen LogP contribution is -2.44. The van der Waals surface area contributed by atoms with E-state index < -0.39 is 0 Å². The number of nitrogens with one attached hydrogen (secondary N) is 1. The van der Waals surface area contributed by atoms with Gasteiger partial charge >= 0.3 is 0 Å². The minimum absolute atomic E-state index is 0.000876. The summed E-state index contributed by atoms with van der Waals surface area (Å²) in [6, 6.07) is 4.94. The molecule has 1 aromatic carbocycles. The van der Waals surface area contributed by atoms with Gasteiger partial charge in [0.05, 0.1) is 0 Å². The van der Waals surface area contributed by atoms with Crippen LogP contribution in [0.15, 0.2) is 18.2 Å². The van der Waals surface area contributed by atoms with Crippen molar-refractivity contribution < 1.29 is 9.90 Å². The summed E-state index contributed by atoms with van der Waals surface area (Å²) in [6.07, 6.45) is 0.717. The van der Waals surface area contributed by atoms with Crippen molar-refractivity contribution in [2.45, 2.75) is 40.2 Å². The van der Waals surface area contributed by atoms with Crippen LogP contribution >= 0.6 is 11.6 Å². The normalized spacial score (nSPS) is 13.1. The smallest absolute Gasteiger partial charge is 0.251 e. The van der Waals surface area contributed by atoms with Gasteiger partial charge in [0.1, 0.15) is 5.75 Å². The summed E-state index contributed by atoms with van der Waals surface area (Å²) in [5.41, 5.74) is 1.16. The van der Waals surface area contributed by atoms with Crippen molar-refractivity contribution in [1.29, 1.82) is 0 Å².